The first-order valence-electron chi connectivity index (χ1n) is 10.7. The minimum Gasteiger partial charge on any atom is -0.264 e. The second kappa shape index (κ2) is 10.6. The van der Waals surface area contributed by atoms with Gasteiger partial charge < -0.3 is 0 Å². The van der Waals surface area contributed by atoms with Crippen LogP contribution in [0.1, 0.15) is 36.0 Å². The van der Waals surface area contributed by atoms with Crippen LogP contribution in [0.3, 0.4) is 0 Å². The van der Waals surface area contributed by atoms with Gasteiger partial charge in [0.15, 0.2) is 0 Å². The Kier molecular flexibility index (Phi) is 8.01. The molecule has 2 heterocycles. The van der Waals surface area contributed by atoms with E-state index in [1.165, 1.54) is 23.3 Å². The maximum atomic E-state index is 13.0. The molecule has 2 nitrogen and oxygen atoms in total. The van der Waals surface area contributed by atoms with Crippen molar-refractivity contribution in [3.8, 4) is 0 Å². The van der Waals surface area contributed by atoms with Gasteiger partial charge in [-0.2, -0.15) is 13.2 Å². The Morgan fingerprint density at radius 2 is 1.65 bits per heavy atom. The number of hydrogen-bond donors (Lipinski definition) is 0. The van der Waals surface area contributed by atoms with Crippen molar-refractivity contribution in [1.29, 1.82) is 0 Å². The molecule has 0 amide bonds. The van der Waals surface area contributed by atoms with Crippen LogP contribution in [-0.2, 0) is 12.6 Å². The van der Waals surface area contributed by atoms with Crippen molar-refractivity contribution in [2.75, 3.05) is 0 Å². The van der Waals surface area contributed by atoms with Crippen LogP contribution in [0.25, 0.3) is 27.2 Å². The number of rotatable bonds is 0. The number of hydrogen-bond acceptors (Lipinski definition) is 2. The number of halogens is 5. The van der Waals surface area contributed by atoms with Crippen molar-refractivity contribution in [3.05, 3.63) is 102 Å². The molecule has 0 radical (unpaired) electrons. The lowest BCUT2D eigenvalue weighted by Gasteiger charge is -2.25. The molecule has 0 N–H and O–H groups in total. The topological polar surface area (TPSA) is 25.8 Å². The first-order chi connectivity index (χ1) is 15.5. The zero-order chi connectivity index (χ0) is 22.1. The molecule has 0 saturated carbocycles. The number of benzene rings is 2. The highest BCUT2D eigenvalue weighted by molar-refractivity contribution is 5.94. The predicted octanol–water partition coefficient (Wildman–Crippen LogP) is 8.38. The van der Waals surface area contributed by atoms with Gasteiger partial charge in [0, 0.05) is 24.0 Å². The summed E-state index contributed by atoms with van der Waals surface area (Å²) in [5, 5.41) is 2.72. The summed E-state index contributed by atoms with van der Waals surface area (Å²) in [7, 11) is 0. The maximum absolute atomic E-state index is 13.0. The van der Waals surface area contributed by atoms with E-state index in [4.69, 9.17) is 0 Å². The summed E-state index contributed by atoms with van der Waals surface area (Å²) >= 11 is 0. The Morgan fingerprint density at radius 3 is 2.44 bits per heavy atom. The number of nitrogens with zero attached hydrogens (tertiary/aromatic N) is 2. The lowest BCUT2D eigenvalue weighted by Crippen LogP contribution is -2.08. The largest absolute Gasteiger partial charge is 0.416 e. The summed E-state index contributed by atoms with van der Waals surface area (Å²) < 4.78 is 39.0. The van der Waals surface area contributed by atoms with E-state index >= 15 is 0 Å². The number of aryl methyl sites for hydroxylation is 1. The van der Waals surface area contributed by atoms with E-state index in [2.05, 4.69) is 28.2 Å². The molecule has 0 unspecified atom stereocenters. The molecule has 0 bridgehead atoms. The van der Waals surface area contributed by atoms with Crippen molar-refractivity contribution in [2.45, 2.75) is 31.9 Å². The third-order valence-corrected chi connectivity index (χ3v) is 6.11. The van der Waals surface area contributed by atoms with Gasteiger partial charge in [0.2, 0.25) is 0 Å². The molecule has 176 valence electrons. The van der Waals surface area contributed by atoms with Gasteiger partial charge in [0.25, 0.3) is 0 Å². The summed E-state index contributed by atoms with van der Waals surface area (Å²) in [6.45, 7) is 0. The van der Waals surface area contributed by atoms with Gasteiger partial charge in [0.1, 0.15) is 0 Å². The van der Waals surface area contributed by atoms with Crippen LogP contribution >= 0.6 is 24.8 Å². The zero-order valence-electron chi connectivity index (χ0n) is 18.2. The lowest BCUT2D eigenvalue weighted by atomic mass is 9.79. The second-order valence-corrected chi connectivity index (χ2v) is 8.06. The van der Waals surface area contributed by atoms with E-state index in [0.29, 0.717) is 0 Å². The summed E-state index contributed by atoms with van der Waals surface area (Å²) in [4.78, 5) is 8.11. The normalized spacial score (nSPS) is 14.3. The van der Waals surface area contributed by atoms with Crippen LogP contribution in [-0.4, -0.2) is 9.97 Å². The second-order valence-electron chi connectivity index (χ2n) is 8.06. The number of fused-ring (bicyclic) bond motifs is 5. The minimum atomic E-state index is -4.29. The van der Waals surface area contributed by atoms with Gasteiger partial charge in [-0.1, -0.05) is 35.9 Å². The predicted molar refractivity (Wildman–Crippen MR) is 137 cm³/mol. The standard InChI is InChI=1S/C19H15F3.C8H6N2.2ClH/c20-19(21,22)14-8-5-13-7-9-16-15-4-2-1-3-12(15)6-10-17(16)18(13)11-14;1-2-7-6-9-5-3-8(7)10-4-1;;/h2,4-5,7-9,11H,1,3,6,10H2;1-6H;2*1H. The third-order valence-electron chi connectivity index (χ3n) is 6.11. The Bertz CT molecular complexity index is 1310. The van der Waals surface area contributed by atoms with Crippen LogP contribution in [0.2, 0.25) is 0 Å². The summed E-state index contributed by atoms with van der Waals surface area (Å²) in [5.41, 5.74) is 5.29. The molecule has 0 aliphatic heterocycles. The molecule has 2 aliphatic carbocycles. The highest BCUT2D eigenvalue weighted by Crippen LogP contribution is 2.41. The molecule has 7 heteroatoms. The fourth-order valence-electron chi connectivity index (χ4n) is 4.52. The number of alkyl halides is 3. The van der Waals surface area contributed by atoms with Crippen LogP contribution in [0, 0.1) is 0 Å². The summed E-state index contributed by atoms with van der Waals surface area (Å²) in [5.74, 6) is 0. The lowest BCUT2D eigenvalue weighted by molar-refractivity contribution is -0.137. The molecule has 6 rings (SSSR count). The van der Waals surface area contributed by atoms with E-state index in [9.17, 15) is 13.2 Å². The van der Waals surface area contributed by atoms with E-state index in [1.54, 1.807) is 18.5 Å². The van der Waals surface area contributed by atoms with Gasteiger partial charge in [-0.25, -0.2) is 0 Å². The van der Waals surface area contributed by atoms with Gasteiger partial charge in [-0.05, 0) is 83.5 Å². The molecule has 2 aromatic heterocycles. The number of pyridine rings is 2. The van der Waals surface area contributed by atoms with Crippen molar-refractivity contribution in [1.82, 2.24) is 9.97 Å². The fraction of sp³-hybridized carbons (Fsp3) is 0.185. The van der Waals surface area contributed by atoms with Gasteiger partial charge >= 0.3 is 6.18 Å². The molecular formula is C27H23Cl2F3N2. The monoisotopic (exact) mass is 502 g/mol. The van der Waals surface area contributed by atoms with E-state index in [0.717, 1.165) is 58.5 Å². The molecule has 0 saturated heterocycles. The van der Waals surface area contributed by atoms with Gasteiger partial charge in [-0.15, -0.1) is 24.8 Å². The maximum Gasteiger partial charge on any atom is 0.416 e. The summed E-state index contributed by atoms with van der Waals surface area (Å²) in [6, 6.07) is 13.9. The van der Waals surface area contributed by atoms with Crippen LogP contribution in [0.5, 0.6) is 0 Å². The number of allylic oxidation sites excluding steroid dienone is 4. The first-order valence-corrected chi connectivity index (χ1v) is 10.7. The highest BCUT2D eigenvalue weighted by Gasteiger charge is 2.31. The average Bonchev–Trinajstić information content (AvgIpc) is 2.83. The number of aromatic nitrogens is 2. The minimum absolute atomic E-state index is 0. The Morgan fingerprint density at radius 1 is 0.824 bits per heavy atom. The van der Waals surface area contributed by atoms with Crippen LogP contribution in [0.15, 0.2) is 84.8 Å². The van der Waals surface area contributed by atoms with Crippen LogP contribution < -0.4 is 0 Å². The smallest absolute Gasteiger partial charge is 0.264 e. The van der Waals surface area contributed by atoms with E-state index < -0.39 is 11.7 Å². The Balaban J connectivity index is 0.000000229. The molecular weight excluding hydrogens is 480 g/mol. The molecule has 0 spiro atoms. The van der Waals surface area contributed by atoms with Gasteiger partial charge in [-0.3, -0.25) is 9.97 Å². The molecule has 34 heavy (non-hydrogen) atoms. The summed E-state index contributed by atoms with van der Waals surface area (Å²) in [6.07, 6.45) is 9.27. The average molecular weight is 503 g/mol. The highest BCUT2D eigenvalue weighted by atomic mass is 35.5. The van der Waals surface area contributed by atoms with Crippen LogP contribution in [0.4, 0.5) is 13.2 Å². The van der Waals surface area contributed by atoms with Gasteiger partial charge in [0.05, 0.1) is 11.1 Å². The Labute approximate surface area is 208 Å². The van der Waals surface area contributed by atoms with E-state index in [1.807, 2.05) is 30.5 Å². The molecule has 0 fully saturated rings. The van der Waals surface area contributed by atoms with E-state index in [-0.39, 0.29) is 24.8 Å². The molecule has 2 aromatic carbocycles. The zero-order valence-corrected chi connectivity index (χ0v) is 19.8. The SMILES string of the molecule is Cl.Cl.FC(F)(F)c1ccc2ccc3c(c2c1)CCC1=C3C=CCC1.c1cnc2ccncc2c1. The molecule has 4 aromatic rings. The first kappa shape index (κ1) is 25.7. The fourth-order valence-corrected chi connectivity index (χ4v) is 4.52. The van der Waals surface area contributed by atoms with Crippen molar-refractivity contribution in [3.63, 3.8) is 0 Å². The quantitative estimate of drug-likeness (QED) is 0.241. The molecule has 2 aliphatic rings. The Hall–Kier alpha value is -2.89. The van der Waals surface area contributed by atoms with Crippen molar-refractivity contribution in [2.24, 2.45) is 0 Å². The third kappa shape index (κ3) is 5.11. The molecule has 0 atom stereocenters. The van der Waals surface area contributed by atoms with Crippen molar-refractivity contribution >= 4 is 52.1 Å². The van der Waals surface area contributed by atoms with Crippen molar-refractivity contribution < 1.29 is 13.2 Å².